The second-order valence-corrected chi connectivity index (χ2v) is 8.82. The first-order valence-electron chi connectivity index (χ1n) is 10.2. The number of aryl methyl sites for hydroxylation is 2. The number of likely N-dealkylation sites (tertiary alicyclic amines) is 1. The number of fused-ring (bicyclic) bond motifs is 1. The van der Waals surface area contributed by atoms with Crippen molar-refractivity contribution < 1.29 is 9.53 Å². The van der Waals surface area contributed by atoms with Crippen molar-refractivity contribution in [3.05, 3.63) is 39.6 Å². The number of amides is 1. The molecule has 146 valence electrons. The summed E-state index contributed by atoms with van der Waals surface area (Å²) in [6, 6.07) is 2.18. The fraction of sp³-hybridized carbons (Fsp3) is 0.619. The number of aromatic nitrogens is 2. The van der Waals surface area contributed by atoms with Gasteiger partial charge in [0.05, 0.1) is 11.5 Å². The maximum absolute atomic E-state index is 13.2. The summed E-state index contributed by atoms with van der Waals surface area (Å²) in [5, 5.41) is 0. The zero-order chi connectivity index (χ0) is 18.6. The Balaban J connectivity index is 1.47. The van der Waals surface area contributed by atoms with Gasteiger partial charge in [0, 0.05) is 49.9 Å². The summed E-state index contributed by atoms with van der Waals surface area (Å²) in [6.07, 6.45) is 12.1. The second kappa shape index (κ2) is 8.57. The lowest BCUT2D eigenvalue weighted by molar-refractivity contribution is 0.0707. The van der Waals surface area contributed by atoms with Gasteiger partial charge in [0.15, 0.2) is 0 Å². The van der Waals surface area contributed by atoms with Crippen LogP contribution in [-0.4, -0.2) is 47.2 Å². The summed E-state index contributed by atoms with van der Waals surface area (Å²) in [4.78, 5) is 22.2. The molecule has 0 aromatic carbocycles. The predicted octanol–water partition coefficient (Wildman–Crippen LogP) is 3.88. The number of ether oxygens (including phenoxy) is 1. The average molecular weight is 388 g/mol. The minimum absolute atomic E-state index is 0.216. The summed E-state index contributed by atoms with van der Waals surface area (Å²) in [7, 11) is 1.72. The molecule has 1 aliphatic carbocycles. The van der Waals surface area contributed by atoms with Crippen molar-refractivity contribution in [3.8, 4) is 0 Å². The lowest BCUT2D eigenvalue weighted by atomic mass is 9.97. The van der Waals surface area contributed by atoms with Gasteiger partial charge >= 0.3 is 0 Å². The van der Waals surface area contributed by atoms with Crippen molar-refractivity contribution >= 4 is 17.2 Å². The van der Waals surface area contributed by atoms with Crippen LogP contribution in [0.15, 0.2) is 18.5 Å². The lowest BCUT2D eigenvalue weighted by Crippen LogP contribution is -2.39. The summed E-state index contributed by atoms with van der Waals surface area (Å²) in [5.74, 6) is 1.62. The molecule has 0 N–H and O–H groups in total. The van der Waals surface area contributed by atoms with Crippen LogP contribution in [0.5, 0.6) is 0 Å². The molecule has 1 amide bonds. The SMILES string of the molecule is COCCn1ccnc1[C@H]1CCCN(C(=O)c2cc3c(s2)CCCCC3)C1. The molecule has 3 heterocycles. The zero-order valence-electron chi connectivity index (χ0n) is 16.2. The van der Waals surface area contributed by atoms with Crippen molar-refractivity contribution in [2.75, 3.05) is 26.8 Å². The molecule has 2 aromatic heterocycles. The molecule has 0 unspecified atom stereocenters. The molecule has 1 fully saturated rings. The standard InChI is InChI=1S/C21H29N3O2S/c1-26-13-12-23-11-9-22-20(23)17-7-5-10-24(15-17)21(25)19-14-16-6-3-2-4-8-18(16)27-19/h9,11,14,17H,2-8,10,12-13,15H2,1H3/t17-/m0/s1. The average Bonchev–Trinajstić information content (AvgIpc) is 3.27. The third-order valence-corrected chi connectivity index (χ3v) is 7.04. The first-order chi connectivity index (χ1) is 13.3. The van der Waals surface area contributed by atoms with Crippen LogP contribution in [-0.2, 0) is 24.1 Å². The van der Waals surface area contributed by atoms with Gasteiger partial charge in [-0.1, -0.05) is 6.42 Å². The Labute approximate surface area is 165 Å². The van der Waals surface area contributed by atoms with Gasteiger partial charge in [-0.2, -0.15) is 0 Å². The van der Waals surface area contributed by atoms with Crippen LogP contribution >= 0.6 is 11.3 Å². The number of thiophene rings is 1. The predicted molar refractivity (Wildman–Crippen MR) is 108 cm³/mol. The normalized spacial score (nSPS) is 20.3. The monoisotopic (exact) mass is 387 g/mol. The summed E-state index contributed by atoms with van der Waals surface area (Å²) in [6.45, 7) is 3.12. The Hall–Kier alpha value is -1.66. The van der Waals surface area contributed by atoms with Gasteiger partial charge in [0.2, 0.25) is 0 Å². The van der Waals surface area contributed by atoms with E-state index in [0.29, 0.717) is 12.5 Å². The number of methoxy groups -OCH3 is 1. The molecule has 1 aliphatic heterocycles. The minimum atomic E-state index is 0.216. The highest BCUT2D eigenvalue weighted by molar-refractivity contribution is 7.14. The topological polar surface area (TPSA) is 47.4 Å². The van der Waals surface area contributed by atoms with Crippen molar-refractivity contribution in [2.24, 2.45) is 0 Å². The number of piperidine rings is 1. The molecule has 27 heavy (non-hydrogen) atoms. The van der Waals surface area contributed by atoms with E-state index in [4.69, 9.17) is 4.74 Å². The van der Waals surface area contributed by atoms with Crippen LogP contribution < -0.4 is 0 Å². The van der Waals surface area contributed by atoms with E-state index in [1.165, 1.54) is 29.7 Å². The quantitative estimate of drug-likeness (QED) is 0.732. The number of carbonyl (C=O) groups excluding carboxylic acids is 1. The highest BCUT2D eigenvalue weighted by Gasteiger charge is 2.29. The van der Waals surface area contributed by atoms with Gasteiger partial charge in [-0.3, -0.25) is 4.79 Å². The fourth-order valence-electron chi connectivity index (χ4n) is 4.36. The van der Waals surface area contributed by atoms with Crippen LogP contribution in [0.2, 0.25) is 0 Å². The van der Waals surface area contributed by atoms with Crippen molar-refractivity contribution in [1.29, 1.82) is 0 Å². The molecular weight excluding hydrogens is 358 g/mol. The summed E-state index contributed by atoms with van der Waals surface area (Å²) < 4.78 is 7.39. The Bertz CT molecular complexity index is 759. The van der Waals surface area contributed by atoms with Gasteiger partial charge in [0.25, 0.3) is 5.91 Å². The smallest absolute Gasteiger partial charge is 0.263 e. The Morgan fingerprint density at radius 3 is 3.07 bits per heavy atom. The molecule has 5 nitrogen and oxygen atoms in total. The first kappa shape index (κ1) is 18.7. The van der Waals surface area contributed by atoms with Gasteiger partial charge in [-0.25, -0.2) is 4.98 Å². The fourth-order valence-corrected chi connectivity index (χ4v) is 5.58. The Kier molecular flexibility index (Phi) is 5.93. The number of nitrogens with zero attached hydrogens (tertiary/aromatic N) is 3. The summed E-state index contributed by atoms with van der Waals surface area (Å²) in [5.41, 5.74) is 1.42. The number of hydrogen-bond acceptors (Lipinski definition) is 4. The molecule has 2 aliphatic rings. The van der Waals surface area contributed by atoms with Crippen LogP contribution in [0, 0.1) is 0 Å². The van der Waals surface area contributed by atoms with Gasteiger partial charge in [0.1, 0.15) is 5.82 Å². The third-order valence-electron chi connectivity index (χ3n) is 5.82. The molecule has 0 radical (unpaired) electrons. The van der Waals surface area contributed by atoms with E-state index < -0.39 is 0 Å². The molecule has 6 heteroatoms. The highest BCUT2D eigenvalue weighted by Crippen LogP contribution is 2.32. The van der Waals surface area contributed by atoms with Crippen molar-refractivity contribution in [1.82, 2.24) is 14.5 Å². The number of carbonyl (C=O) groups is 1. The van der Waals surface area contributed by atoms with Crippen LogP contribution in [0.4, 0.5) is 0 Å². The molecular formula is C21H29N3O2S. The van der Waals surface area contributed by atoms with Gasteiger partial charge < -0.3 is 14.2 Å². The van der Waals surface area contributed by atoms with E-state index in [2.05, 4.69) is 20.5 Å². The molecule has 0 saturated carbocycles. The number of hydrogen-bond donors (Lipinski definition) is 0. The molecule has 1 atom stereocenters. The first-order valence-corrected chi connectivity index (χ1v) is 11.0. The third kappa shape index (κ3) is 4.11. The number of imidazole rings is 1. The van der Waals surface area contributed by atoms with E-state index in [9.17, 15) is 4.79 Å². The largest absolute Gasteiger partial charge is 0.383 e. The highest BCUT2D eigenvalue weighted by atomic mass is 32.1. The number of rotatable bonds is 5. The molecule has 2 aromatic rings. The summed E-state index contributed by atoms with van der Waals surface area (Å²) >= 11 is 1.73. The second-order valence-electron chi connectivity index (χ2n) is 7.68. The van der Waals surface area contributed by atoms with Crippen LogP contribution in [0.1, 0.15) is 64.0 Å². The maximum Gasteiger partial charge on any atom is 0.263 e. The molecule has 0 spiro atoms. The minimum Gasteiger partial charge on any atom is -0.383 e. The molecule has 4 rings (SSSR count). The van der Waals surface area contributed by atoms with E-state index in [1.54, 1.807) is 18.4 Å². The zero-order valence-corrected chi connectivity index (χ0v) is 17.0. The van der Waals surface area contributed by atoms with Crippen LogP contribution in [0.25, 0.3) is 0 Å². The van der Waals surface area contributed by atoms with Crippen molar-refractivity contribution in [3.63, 3.8) is 0 Å². The molecule has 0 bridgehead atoms. The van der Waals surface area contributed by atoms with Crippen molar-refractivity contribution in [2.45, 2.75) is 57.4 Å². The van der Waals surface area contributed by atoms with Crippen LogP contribution in [0.3, 0.4) is 0 Å². The Morgan fingerprint density at radius 2 is 2.19 bits per heavy atom. The lowest BCUT2D eigenvalue weighted by Gasteiger charge is -2.32. The van der Waals surface area contributed by atoms with E-state index in [-0.39, 0.29) is 5.91 Å². The molecule has 1 saturated heterocycles. The van der Waals surface area contributed by atoms with E-state index >= 15 is 0 Å². The Morgan fingerprint density at radius 1 is 1.30 bits per heavy atom. The van der Waals surface area contributed by atoms with E-state index in [1.807, 2.05) is 12.4 Å². The maximum atomic E-state index is 13.2. The van der Waals surface area contributed by atoms with E-state index in [0.717, 1.165) is 56.0 Å². The van der Waals surface area contributed by atoms with Gasteiger partial charge in [-0.05, 0) is 50.2 Å². The van der Waals surface area contributed by atoms with Gasteiger partial charge in [-0.15, -0.1) is 11.3 Å².